The topological polar surface area (TPSA) is 101 Å². The number of carbonyl (C=O) groups excluding carboxylic acids is 1. The Bertz CT molecular complexity index is 901. The SMILES string of the molecule is O=C(NCc1ccc2oc(=O)[nH]c2c1)c1cc(C2CC2)on1. The molecule has 0 saturated heterocycles. The summed E-state index contributed by atoms with van der Waals surface area (Å²) >= 11 is 0. The third kappa shape index (κ3) is 2.41. The summed E-state index contributed by atoms with van der Waals surface area (Å²) in [5.74, 6) is 0.430. The second-order valence-corrected chi connectivity index (χ2v) is 5.42. The average Bonchev–Trinajstić information content (AvgIpc) is 3.11. The molecular formula is C15H13N3O4. The van der Waals surface area contributed by atoms with Gasteiger partial charge < -0.3 is 14.3 Å². The van der Waals surface area contributed by atoms with Crippen molar-refractivity contribution >= 4 is 17.0 Å². The molecule has 0 atom stereocenters. The van der Waals surface area contributed by atoms with E-state index in [1.54, 1.807) is 24.3 Å². The van der Waals surface area contributed by atoms with Crippen LogP contribution in [0.25, 0.3) is 11.1 Å². The van der Waals surface area contributed by atoms with Gasteiger partial charge in [-0.25, -0.2) is 4.79 Å². The predicted molar refractivity (Wildman–Crippen MR) is 76.5 cm³/mol. The molecule has 1 aliphatic carbocycles. The van der Waals surface area contributed by atoms with Crippen molar-refractivity contribution in [2.45, 2.75) is 25.3 Å². The zero-order chi connectivity index (χ0) is 15.1. The summed E-state index contributed by atoms with van der Waals surface area (Å²) in [5.41, 5.74) is 2.24. The summed E-state index contributed by atoms with van der Waals surface area (Å²) in [6.45, 7) is 0.327. The molecule has 2 N–H and O–H groups in total. The number of oxazole rings is 1. The molecule has 0 bridgehead atoms. The predicted octanol–water partition coefficient (Wildman–Crippen LogP) is 1.92. The summed E-state index contributed by atoms with van der Waals surface area (Å²) in [7, 11) is 0. The van der Waals surface area contributed by atoms with Gasteiger partial charge in [0, 0.05) is 18.5 Å². The first-order valence-corrected chi connectivity index (χ1v) is 7.05. The number of H-pyrrole nitrogens is 1. The maximum atomic E-state index is 12.0. The Morgan fingerprint density at radius 1 is 1.36 bits per heavy atom. The highest BCUT2D eigenvalue weighted by atomic mass is 16.5. The van der Waals surface area contributed by atoms with Crippen molar-refractivity contribution in [1.82, 2.24) is 15.5 Å². The van der Waals surface area contributed by atoms with Crippen LogP contribution in [0.5, 0.6) is 0 Å². The minimum atomic E-state index is -0.494. The first kappa shape index (κ1) is 12.9. The van der Waals surface area contributed by atoms with E-state index in [1.165, 1.54) is 0 Å². The van der Waals surface area contributed by atoms with Gasteiger partial charge in [-0.05, 0) is 30.5 Å². The molecule has 112 valence electrons. The molecule has 2 aromatic heterocycles. The van der Waals surface area contributed by atoms with Crippen LogP contribution in [0.1, 0.15) is 40.6 Å². The highest BCUT2D eigenvalue weighted by molar-refractivity contribution is 5.92. The molecule has 1 aromatic carbocycles. The standard InChI is InChI=1S/C15H13N3O4/c19-14(11-6-13(22-18-11)9-2-3-9)16-7-8-1-4-12-10(5-8)17-15(20)21-12/h1,4-6,9H,2-3,7H2,(H,16,19)(H,17,20). The van der Waals surface area contributed by atoms with Gasteiger partial charge in [0.15, 0.2) is 11.3 Å². The monoisotopic (exact) mass is 299 g/mol. The lowest BCUT2D eigenvalue weighted by atomic mass is 10.2. The lowest BCUT2D eigenvalue weighted by Gasteiger charge is -2.02. The van der Waals surface area contributed by atoms with E-state index < -0.39 is 5.76 Å². The van der Waals surface area contributed by atoms with Crippen molar-refractivity contribution in [3.63, 3.8) is 0 Å². The van der Waals surface area contributed by atoms with Crippen molar-refractivity contribution in [2.75, 3.05) is 0 Å². The quantitative estimate of drug-likeness (QED) is 0.766. The van der Waals surface area contributed by atoms with E-state index in [1.807, 2.05) is 0 Å². The maximum absolute atomic E-state index is 12.0. The molecule has 3 aromatic rings. The number of carbonyl (C=O) groups is 1. The second kappa shape index (κ2) is 4.87. The van der Waals surface area contributed by atoms with Gasteiger partial charge in [0.05, 0.1) is 5.52 Å². The Hall–Kier alpha value is -2.83. The molecule has 22 heavy (non-hydrogen) atoms. The summed E-state index contributed by atoms with van der Waals surface area (Å²) in [4.78, 5) is 25.7. The first-order chi connectivity index (χ1) is 10.7. The van der Waals surface area contributed by atoms with Gasteiger partial charge in [0.2, 0.25) is 0 Å². The van der Waals surface area contributed by atoms with Crippen molar-refractivity contribution in [3.05, 3.63) is 51.8 Å². The van der Waals surface area contributed by atoms with Crippen LogP contribution < -0.4 is 11.1 Å². The molecule has 0 radical (unpaired) electrons. The number of hydrogen-bond acceptors (Lipinski definition) is 5. The maximum Gasteiger partial charge on any atom is 0.417 e. The largest absolute Gasteiger partial charge is 0.417 e. The molecule has 0 spiro atoms. The van der Waals surface area contributed by atoms with Gasteiger partial charge >= 0.3 is 5.76 Å². The van der Waals surface area contributed by atoms with Crippen molar-refractivity contribution in [1.29, 1.82) is 0 Å². The van der Waals surface area contributed by atoms with E-state index in [-0.39, 0.29) is 5.91 Å². The molecule has 1 aliphatic rings. The Labute approximate surface area is 124 Å². The average molecular weight is 299 g/mol. The molecule has 7 heteroatoms. The fourth-order valence-electron chi connectivity index (χ4n) is 2.34. The van der Waals surface area contributed by atoms with Crippen molar-refractivity contribution < 1.29 is 13.7 Å². The van der Waals surface area contributed by atoms with Gasteiger partial charge in [-0.3, -0.25) is 9.78 Å². The van der Waals surface area contributed by atoms with Crippen molar-refractivity contribution in [2.24, 2.45) is 0 Å². The number of amides is 1. The van der Waals surface area contributed by atoms with Crippen LogP contribution in [0.4, 0.5) is 0 Å². The highest BCUT2D eigenvalue weighted by Crippen LogP contribution is 2.40. The third-order valence-corrected chi connectivity index (χ3v) is 3.68. The van der Waals surface area contributed by atoms with Gasteiger partial charge in [0.1, 0.15) is 5.76 Å². The first-order valence-electron chi connectivity index (χ1n) is 7.05. The third-order valence-electron chi connectivity index (χ3n) is 3.68. The lowest BCUT2D eigenvalue weighted by molar-refractivity contribution is 0.0941. The van der Waals surface area contributed by atoms with Crippen LogP contribution in [0.3, 0.4) is 0 Å². The minimum Gasteiger partial charge on any atom is -0.408 e. The van der Waals surface area contributed by atoms with Crippen LogP contribution in [0.2, 0.25) is 0 Å². The summed E-state index contributed by atoms with van der Waals surface area (Å²) in [6, 6.07) is 6.94. The number of aromatic amines is 1. The molecule has 0 aliphatic heterocycles. The molecule has 1 amide bonds. The lowest BCUT2D eigenvalue weighted by Crippen LogP contribution is -2.23. The Morgan fingerprint density at radius 2 is 2.23 bits per heavy atom. The Kier molecular flexibility index (Phi) is 2.85. The zero-order valence-corrected chi connectivity index (χ0v) is 11.6. The number of rotatable bonds is 4. The van der Waals surface area contributed by atoms with Gasteiger partial charge in [0.25, 0.3) is 5.91 Å². The summed E-state index contributed by atoms with van der Waals surface area (Å²) in [5, 5.41) is 6.57. The van der Waals surface area contributed by atoms with Crippen molar-refractivity contribution in [3.8, 4) is 0 Å². The van der Waals surface area contributed by atoms with E-state index in [2.05, 4.69) is 15.5 Å². The van der Waals surface area contributed by atoms with Crippen LogP contribution >= 0.6 is 0 Å². The number of nitrogens with zero attached hydrogens (tertiary/aromatic N) is 1. The number of benzene rings is 1. The summed E-state index contributed by atoms with van der Waals surface area (Å²) in [6.07, 6.45) is 2.19. The second-order valence-electron chi connectivity index (χ2n) is 5.42. The number of nitrogens with one attached hydrogen (secondary N) is 2. The van der Waals surface area contributed by atoms with Crippen LogP contribution in [0, 0.1) is 0 Å². The van der Waals surface area contributed by atoms with Gasteiger partial charge in [-0.15, -0.1) is 0 Å². The normalized spacial score (nSPS) is 14.4. The highest BCUT2D eigenvalue weighted by Gasteiger charge is 2.28. The molecule has 2 heterocycles. The van der Waals surface area contributed by atoms with Crippen LogP contribution in [-0.2, 0) is 6.54 Å². The van der Waals surface area contributed by atoms with E-state index in [4.69, 9.17) is 8.94 Å². The summed E-state index contributed by atoms with van der Waals surface area (Å²) < 4.78 is 10.1. The van der Waals surface area contributed by atoms with E-state index in [0.29, 0.717) is 29.3 Å². The molecule has 4 rings (SSSR count). The Morgan fingerprint density at radius 3 is 3.05 bits per heavy atom. The molecular weight excluding hydrogens is 286 g/mol. The Balaban J connectivity index is 1.45. The smallest absolute Gasteiger partial charge is 0.408 e. The fraction of sp³-hybridized carbons (Fsp3) is 0.267. The van der Waals surface area contributed by atoms with Crippen LogP contribution in [0.15, 0.2) is 38.0 Å². The van der Waals surface area contributed by atoms with E-state index in [0.717, 1.165) is 24.2 Å². The van der Waals surface area contributed by atoms with Crippen LogP contribution in [-0.4, -0.2) is 16.0 Å². The molecule has 0 unspecified atom stereocenters. The fourth-order valence-corrected chi connectivity index (χ4v) is 2.34. The minimum absolute atomic E-state index is 0.281. The molecule has 1 fully saturated rings. The molecule has 1 saturated carbocycles. The van der Waals surface area contributed by atoms with E-state index in [9.17, 15) is 9.59 Å². The number of aromatic nitrogens is 2. The van der Waals surface area contributed by atoms with Gasteiger partial charge in [-0.1, -0.05) is 11.2 Å². The van der Waals surface area contributed by atoms with E-state index >= 15 is 0 Å². The number of hydrogen-bond donors (Lipinski definition) is 2. The molecule has 7 nitrogen and oxygen atoms in total. The zero-order valence-electron chi connectivity index (χ0n) is 11.6. The number of fused-ring (bicyclic) bond motifs is 1. The van der Waals surface area contributed by atoms with Gasteiger partial charge in [-0.2, -0.15) is 0 Å².